The molecule has 28 heavy (non-hydrogen) atoms. The summed E-state index contributed by atoms with van der Waals surface area (Å²) in [5, 5.41) is 6.51. The molecule has 0 bridgehead atoms. The smallest absolute Gasteiger partial charge is 0.0895 e. The van der Waals surface area contributed by atoms with Crippen molar-refractivity contribution in [2.45, 2.75) is 25.0 Å². The van der Waals surface area contributed by atoms with Crippen molar-refractivity contribution in [1.82, 2.24) is 4.57 Å². The fourth-order valence-electron chi connectivity index (χ4n) is 5.33. The van der Waals surface area contributed by atoms with E-state index in [9.17, 15) is 0 Å². The van der Waals surface area contributed by atoms with E-state index in [0.29, 0.717) is 5.92 Å². The van der Waals surface area contributed by atoms with Gasteiger partial charge in [-0.1, -0.05) is 42.5 Å². The Morgan fingerprint density at radius 1 is 0.929 bits per heavy atom. The van der Waals surface area contributed by atoms with E-state index in [1.165, 1.54) is 45.0 Å². The van der Waals surface area contributed by atoms with E-state index in [2.05, 4.69) is 83.7 Å². The Kier molecular flexibility index (Phi) is 3.54. The van der Waals surface area contributed by atoms with Crippen LogP contribution in [0, 0.1) is 5.92 Å². The lowest BCUT2D eigenvalue weighted by Gasteiger charge is -2.43. The average Bonchev–Trinajstić information content (AvgIpc) is 3.05. The van der Waals surface area contributed by atoms with Crippen LogP contribution in [0.1, 0.15) is 36.1 Å². The molecule has 1 saturated heterocycles. The number of hydrogen-bond acceptors (Lipinski definition) is 2. The summed E-state index contributed by atoms with van der Waals surface area (Å²) in [7, 11) is 2.16. The normalized spacial score (nSPS) is 24.0. The van der Waals surface area contributed by atoms with Gasteiger partial charge in [0.2, 0.25) is 0 Å². The highest BCUT2D eigenvalue weighted by Gasteiger charge is 2.39. The number of benzene rings is 3. The van der Waals surface area contributed by atoms with E-state index in [0.717, 1.165) is 13.0 Å². The predicted molar refractivity (Wildman–Crippen MR) is 115 cm³/mol. The van der Waals surface area contributed by atoms with Crippen LogP contribution < -0.4 is 5.32 Å². The molecule has 3 atom stereocenters. The van der Waals surface area contributed by atoms with E-state index in [4.69, 9.17) is 4.74 Å². The monoisotopic (exact) mass is 368 g/mol. The van der Waals surface area contributed by atoms with Crippen LogP contribution in [0.5, 0.6) is 0 Å². The van der Waals surface area contributed by atoms with Crippen molar-refractivity contribution < 1.29 is 4.74 Å². The second kappa shape index (κ2) is 6.11. The highest BCUT2D eigenvalue weighted by atomic mass is 16.5. The molecular weight excluding hydrogens is 344 g/mol. The maximum atomic E-state index is 6.28. The molecule has 1 N–H and O–H groups in total. The van der Waals surface area contributed by atoms with E-state index in [1.807, 2.05) is 0 Å². The van der Waals surface area contributed by atoms with Crippen LogP contribution in [-0.2, 0) is 11.8 Å². The number of aromatic nitrogens is 1. The van der Waals surface area contributed by atoms with Gasteiger partial charge in [0, 0.05) is 52.6 Å². The topological polar surface area (TPSA) is 26.2 Å². The fraction of sp³-hybridized carbons (Fsp3) is 0.280. The molecule has 3 heterocycles. The maximum absolute atomic E-state index is 6.28. The summed E-state index contributed by atoms with van der Waals surface area (Å²) in [6.45, 7) is 0.866. The molecule has 0 spiro atoms. The van der Waals surface area contributed by atoms with Crippen molar-refractivity contribution in [1.29, 1.82) is 0 Å². The van der Waals surface area contributed by atoms with E-state index < -0.39 is 0 Å². The first-order chi connectivity index (χ1) is 13.8. The molecular formula is C25H24N2O. The van der Waals surface area contributed by atoms with Gasteiger partial charge in [-0.05, 0) is 42.7 Å². The number of hydrogen-bond donors (Lipinski definition) is 1. The predicted octanol–water partition coefficient (Wildman–Crippen LogP) is 5.97. The Labute approximate surface area is 164 Å². The molecule has 1 fully saturated rings. The Bertz CT molecular complexity index is 1190. The van der Waals surface area contributed by atoms with Crippen LogP contribution in [0.3, 0.4) is 0 Å². The van der Waals surface area contributed by atoms with Crippen molar-refractivity contribution in [2.75, 3.05) is 11.9 Å². The van der Waals surface area contributed by atoms with E-state index in [1.54, 1.807) is 0 Å². The van der Waals surface area contributed by atoms with Gasteiger partial charge in [-0.25, -0.2) is 0 Å². The molecule has 0 radical (unpaired) electrons. The minimum Gasteiger partial charge on any atom is -0.378 e. The minimum absolute atomic E-state index is 0.194. The van der Waals surface area contributed by atoms with Gasteiger partial charge < -0.3 is 14.6 Å². The zero-order valence-corrected chi connectivity index (χ0v) is 16.1. The Balaban J connectivity index is 1.52. The number of rotatable bonds is 1. The number of nitrogens with one attached hydrogen (secondary N) is 1. The molecule has 1 aromatic heterocycles. The molecule has 0 saturated carbocycles. The maximum Gasteiger partial charge on any atom is 0.0895 e. The SMILES string of the molecule is Cn1c2ccccc2c2cc([C@@H]3Nc4ccccc4[C@@H]4OCCC[C@H]34)ccc21. The Morgan fingerprint density at radius 3 is 2.71 bits per heavy atom. The first kappa shape index (κ1) is 16.2. The minimum atomic E-state index is 0.194. The summed E-state index contributed by atoms with van der Waals surface area (Å²) in [5.74, 6) is 0.469. The van der Waals surface area contributed by atoms with Crippen molar-refractivity contribution >= 4 is 27.5 Å². The van der Waals surface area contributed by atoms with Crippen molar-refractivity contribution in [3.8, 4) is 0 Å². The lowest BCUT2D eigenvalue weighted by molar-refractivity contribution is -0.0381. The number of aryl methyl sites for hydroxylation is 1. The van der Waals surface area contributed by atoms with Crippen LogP contribution in [0.4, 0.5) is 5.69 Å². The summed E-state index contributed by atoms with van der Waals surface area (Å²) >= 11 is 0. The first-order valence-electron chi connectivity index (χ1n) is 10.3. The molecule has 2 aliphatic rings. The van der Waals surface area contributed by atoms with Crippen molar-refractivity contribution in [2.24, 2.45) is 13.0 Å². The molecule has 3 nitrogen and oxygen atoms in total. The Morgan fingerprint density at radius 2 is 1.75 bits per heavy atom. The fourth-order valence-corrected chi connectivity index (χ4v) is 5.33. The van der Waals surface area contributed by atoms with Crippen LogP contribution in [0.25, 0.3) is 21.8 Å². The second-order valence-corrected chi connectivity index (χ2v) is 8.16. The number of ether oxygens (including phenoxy) is 1. The lowest BCUT2D eigenvalue weighted by Crippen LogP contribution is -2.35. The van der Waals surface area contributed by atoms with Crippen molar-refractivity contribution in [3.05, 3.63) is 77.9 Å². The molecule has 2 aliphatic heterocycles. The third-order valence-corrected chi connectivity index (χ3v) is 6.67. The highest BCUT2D eigenvalue weighted by molar-refractivity contribution is 6.08. The molecule has 3 heteroatoms. The van der Waals surface area contributed by atoms with Gasteiger partial charge >= 0.3 is 0 Å². The molecule has 4 aromatic rings. The number of anilines is 1. The van der Waals surface area contributed by atoms with Gasteiger partial charge in [-0.15, -0.1) is 0 Å². The second-order valence-electron chi connectivity index (χ2n) is 8.16. The summed E-state index contributed by atoms with van der Waals surface area (Å²) in [6, 6.07) is 24.6. The largest absolute Gasteiger partial charge is 0.378 e. The Hall–Kier alpha value is -2.78. The van der Waals surface area contributed by atoms with Gasteiger partial charge in [-0.3, -0.25) is 0 Å². The molecule has 0 aliphatic carbocycles. The first-order valence-corrected chi connectivity index (χ1v) is 10.3. The van der Waals surface area contributed by atoms with Gasteiger partial charge in [0.05, 0.1) is 12.1 Å². The third-order valence-electron chi connectivity index (χ3n) is 6.67. The third kappa shape index (κ3) is 2.26. The molecule has 6 rings (SSSR count). The average molecular weight is 368 g/mol. The molecule has 140 valence electrons. The van der Waals surface area contributed by atoms with Crippen LogP contribution in [-0.4, -0.2) is 11.2 Å². The zero-order chi connectivity index (χ0) is 18.7. The van der Waals surface area contributed by atoms with Crippen LogP contribution in [0.15, 0.2) is 66.7 Å². The standard InChI is InChI=1S/C25H24N2O/c1-27-22-11-5-3-7-17(22)20-15-16(12-13-23(20)27)24-19-9-6-14-28-25(19)18-8-2-4-10-21(18)26-24/h2-5,7-8,10-13,15,19,24-26H,6,9,14H2,1H3/t19-,24+,25+/m1/s1. The van der Waals surface area contributed by atoms with Gasteiger partial charge in [0.15, 0.2) is 0 Å². The van der Waals surface area contributed by atoms with Crippen LogP contribution >= 0.6 is 0 Å². The van der Waals surface area contributed by atoms with Gasteiger partial charge in [-0.2, -0.15) is 0 Å². The van der Waals surface area contributed by atoms with Crippen molar-refractivity contribution in [3.63, 3.8) is 0 Å². The van der Waals surface area contributed by atoms with Gasteiger partial charge in [0.25, 0.3) is 0 Å². The quantitative estimate of drug-likeness (QED) is 0.448. The number of para-hydroxylation sites is 2. The summed E-state index contributed by atoms with van der Waals surface area (Å²) in [6.07, 6.45) is 2.53. The zero-order valence-electron chi connectivity index (χ0n) is 16.1. The van der Waals surface area contributed by atoms with Gasteiger partial charge in [0.1, 0.15) is 0 Å². The van der Waals surface area contributed by atoms with E-state index >= 15 is 0 Å². The lowest BCUT2D eigenvalue weighted by atomic mass is 9.77. The summed E-state index contributed by atoms with van der Waals surface area (Å²) in [5.41, 5.74) is 6.47. The van der Waals surface area contributed by atoms with E-state index in [-0.39, 0.29) is 12.1 Å². The summed E-state index contributed by atoms with van der Waals surface area (Å²) in [4.78, 5) is 0. The molecule has 0 unspecified atom stereocenters. The number of nitrogens with zero attached hydrogens (tertiary/aromatic N) is 1. The number of fused-ring (bicyclic) bond motifs is 6. The highest BCUT2D eigenvalue weighted by Crippen LogP contribution is 2.49. The molecule has 3 aromatic carbocycles. The molecule has 0 amide bonds. The van der Waals surface area contributed by atoms with Crippen LogP contribution in [0.2, 0.25) is 0 Å². The summed E-state index contributed by atoms with van der Waals surface area (Å²) < 4.78 is 8.57.